The van der Waals surface area contributed by atoms with Crippen LogP contribution in [-0.4, -0.2) is 24.5 Å². The van der Waals surface area contributed by atoms with Crippen LogP contribution in [0.1, 0.15) is 16.1 Å². The summed E-state index contributed by atoms with van der Waals surface area (Å²) < 4.78 is 1.89. The molecule has 1 heterocycles. The summed E-state index contributed by atoms with van der Waals surface area (Å²) in [7, 11) is 0. The Balaban J connectivity index is 2.40. The van der Waals surface area contributed by atoms with Gasteiger partial charge in [-0.15, -0.1) is 11.3 Å². The first-order chi connectivity index (χ1) is 7.15. The van der Waals surface area contributed by atoms with Crippen LogP contribution in [0.15, 0.2) is 14.3 Å². The van der Waals surface area contributed by atoms with E-state index in [2.05, 4.69) is 43.4 Å². The van der Waals surface area contributed by atoms with E-state index in [1.165, 1.54) is 11.3 Å². The molecule has 15 heavy (non-hydrogen) atoms. The predicted molar refractivity (Wildman–Crippen MR) is 75.1 cm³/mol. The Morgan fingerprint density at radius 3 is 2.87 bits per heavy atom. The molecule has 0 atom stereocenters. The van der Waals surface area contributed by atoms with E-state index < -0.39 is 0 Å². The van der Waals surface area contributed by atoms with Crippen LogP contribution in [-0.2, 0) is 0 Å². The standard InChI is InChI=1S/C9H11Br2NOS2/c1-14-4-2-3-12-9(13)7-5-6(10)8(11)15-7/h5H,2-4H2,1H3,(H,12,13). The molecule has 0 radical (unpaired) electrons. The maximum Gasteiger partial charge on any atom is 0.261 e. The first-order valence-electron chi connectivity index (χ1n) is 4.37. The van der Waals surface area contributed by atoms with Gasteiger partial charge in [-0.1, -0.05) is 0 Å². The maximum absolute atomic E-state index is 11.6. The van der Waals surface area contributed by atoms with Crippen molar-refractivity contribution in [2.75, 3.05) is 18.6 Å². The second kappa shape index (κ2) is 6.93. The summed E-state index contributed by atoms with van der Waals surface area (Å²) in [5.41, 5.74) is 0. The quantitative estimate of drug-likeness (QED) is 0.797. The molecule has 0 bridgehead atoms. The molecule has 0 aliphatic rings. The largest absolute Gasteiger partial charge is 0.351 e. The van der Waals surface area contributed by atoms with Crippen molar-refractivity contribution in [1.82, 2.24) is 5.32 Å². The summed E-state index contributed by atoms with van der Waals surface area (Å²) in [5.74, 6) is 1.09. The van der Waals surface area contributed by atoms with Crippen LogP contribution in [0.4, 0.5) is 0 Å². The number of nitrogens with one attached hydrogen (secondary N) is 1. The SMILES string of the molecule is CSCCCNC(=O)c1cc(Br)c(Br)s1. The monoisotopic (exact) mass is 371 g/mol. The Morgan fingerprint density at radius 2 is 2.33 bits per heavy atom. The number of carbonyl (C=O) groups excluding carboxylic acids is 1. The Morgan fingerprint density at radius 1 is 1.60 bits per heavy atom. The molecule has 1 N–H and O–H groups in total. The third kappa shape index (κ3) is 4.46. The third-order valence-electron chi connectivity index (χ3n) is 1.68. The van der Waals surface area contributed by atoms with Gasteiger partial charge in [0.1, 0.15) is 0 Å². The van der Waals surface area contributed by atoms with Crippen molar-refractivity contribution < 1.29 is 4.79 Å². The van der Waals surface area contributed by atoms with Gasteiger partial charge >= 0.3 is 0 Å². The van der Waals surface area contributed by atoms with E-state index >= 15 is 0 Å². The zero-order valence-corrected chi connectivity index (χ0v) is 13.0. The Hall–Kier alpha value is 0.480. The van der Waals surface area contributed by atoms with Crippen molar-refractivity contribution in [2.45, 2.75) is 6.42 Å². The zero-order chi connectivity index (χ0) is 11.3. The first-order valence-corrected chi connectivity index (χ1v) is 8.16. The van der Waals surface area contributed by atoms with E-state index in [1.807, 2.05) is 6.07 Å². The molecule has 0 aromatic carbocycles. The van der Waals surface area contributed by atoms with E-state index in [1.54, 1.807) is 11.8 Å². The Kier molecular flexibility index (Phi) is 6.26. The van der Waals surface area contributed by atoms with Crippen LogP contribution in [0, 0.1) is 0 Å². The van der Waals surface area contributed by atoms with Gasteiger partial charge in [-0.2, -0.15) is 11.8 Å². The third-order valence-corrected chi connectivity index (χ3v) is 5.63. The van der Waals surface area contributed by atoms with Gasteiger partial charge in [0.15, 0.2) is 0 Å². The highest BCUT2D eigenvalue weighted by molar-refractivity contribution is 9.13. The molecule has 0 saturated carbocycles. The highest BCUT2D eigenvalue weighted by atomic mass is 79.9. The van der Waals surface area contributed by atoms with Crippen LogP contribution in [0.25, 0.3) is 0 Å². The van der Waals surface area contributed by atoms with Crippen molar-refractivity contribution in [2.24, 2.45) is 0 Å². The average molecular weight is 373 g/mol. The fourth-order valence-electron chi connectivity index (χ4n) is 0.964. The Labute approximate surface area is 114 Å². The number of hydrogen-bond donors (Lipinski definition) is 1. The molecule has 0 saturated heterocycles. The van der Waals surface area contributed by atoms with Gasteiger partial charge in [0.25, 0.3) is 5.91 Å². The van der Waals surface area contributed by atoms with Gasteiger partial charge in [0, 0.05) is 11.0 Å². The zero-order valence-electron chi connectivity index (χ0n) is 8.18. The van der Waals surface area contributed by atoms with Crippen molar-refractivity contribution in [1.29, 1.82) is 0 Å². The topological polar surface area (TPSA) is 29.1 Å². The fraction of sp³-hybridized carbons (Fsp3) is 0.444. The second-order valence-corrected chi connectivity index (χ2v) is 7.04. The molecule has 84 valence electrons. The molecule has 1 aromatic heterocycles. The van der Waals surface area contributed by atoms with Crippen molar-refractivity contribution in [3.05, 3.63) is 19.2 Å². The summed E-state index contributed by atoms with van der Waals surface area (Å²) in [6, 6.07) is 1.83. The molecule has 1 rings (SSSR count). The highest BCUT2D eigenvalue weighted by Gasteiger charge is 2.10. The lowest BCUT2D eigenvalue weighted by atomic mass is 10.4. The maximum atomic E-state index is 11.6. The number of amides is 1. The van der Waals surface area contributed by atoms with Gasteiger partial charge in [-0.25, -0.2) is 0 Å². The molecular weight excluding hydrogens is 362 g/mol. The van der Waals surface area contributed by atoms with E-state index in [4.69, 9.17) is 0 Å². The summed E-state index contributed by atoms with van der Waals surface area (Å²) >= 11 is 9.95. The minimum Gasteiger partial charge on any atom is -0.351 e. The van der Waals surface area contributed by atoms with Crippen LogP contribution in [0.3, 0.4) is 0 Å². The molecule has 2 nitrogen and oxygen atoms in total. The summed E-state index contributed by atoms with van der Waals surface area (Å²) in [6.45, 7) is 0.743. The van der Waals surface area contributed by atoms with Crippen molar-refractivity contribution >= 4 is 60.9 Å². The number of thiophene rings is 1. The molecule has 0 fully saturated rings. The lowest BCUT2D eigenvalue weighted by molar-refractivity contribution is 0.0958. The van der Waals surface area contributed by atoms with E-state index in [9.17, 15) is 4.79 Å². The molecule has 0 aliphatic carbocycles. The lowest BCUT2D eigenvalue weighted by Crippen LogP contribution is -2.23. The van der Waals surface area contributed by atoms with Crippen molar-refractivity contribution in [3.63, 3.8) is 0 Å². The molecule has 0 aliphatic heterocycles. The number of hydrogen-bond acceptors (Lipinski definition) is 3. The minimum atomic E-state index is 0.00695. The number of thioether (sulfide) groups is 1. The van der Waals surface area contributed by atoms with Crippen LogP contribution in [0.5, 0.6) is 0 Å². The van der Waals surface area contributed by atoms with Gasteiger partial charge in [0.05, 0.1) is 8.66 Å². The van der Waals surface area contributed by atoms with Gasteiger partial charge in [0.2, 0.25) is 0 Å². The van der Waals surface area contributed by atoms with Crippen LogP contribution >= 0.6 is 55.0 Å². The van der Waals surface area contributed by atoms with Gasteiger partial charge in [-0.3, -0.25) is 4.79 Å². The Bertz CT molecular complexity index is 321. The van der Waals surface area contributed by atoms with Crippen molar-refractivity contribution in [3.8, 4) is 0 Å². The molecular formula is C9H11Br2NOS2. The summed E-state index contributed by atoms with van der Waals surface area (Å²) in [4.78, 5) is 12.4. The fourth-order valence-corrected chi connectivity index (χ4v) is 3.35. The lowest BCUT2D eigenvalue weighted by Gasteiger charge is -2.01. The van der Waals surface area contributed by atoms with Crippen LogP contribution < -0.4 is 5.32 Å². The number of halogens is 2. The van der Waals surface area contributed by atoms with Gasteiger partial charge in [-0.05, 0) is 56.4 Å². The van der Waals surface area contributed by atoms with E-state index in [-0.39, 0.29) is 5.91 Å². The van der Waals surface area contributed by atoms with Gasteiger partial charge < -0.3 is 5.32 Å². The molecule has 1 amide bonds. The van der Waals surface area contributed by atoms with E-state index in [0.717, 1.165) is 31.9 Å². The second-order valence-electron chi connectivity index (χ2n) is 2.83. The van der Waals surface area contributed by atoms with Crippen LogP contribution in [0.2, 0.25) is 0 Å². The van der Waals surface area contributed by atoms with E-state index in [0.29, 0.717) is 0 Å². The number of carbonyl (C=O) groups is 1. The summed E-state index contributed by atoms with van der Waals surface area (Å²) in [5, 5.41) is 2.89. The highest BCUT2D eigenvalue weighted by Crippen LogP contribution is 2.32. The minimum absolute atomic E-state index is 0.00695. The smallest absolute Gasteiger partial charge is 0.261 e. The molecule has 6 heteroatoms. The molecule has 0 unspecified atom stereocenters. The first kappa shape index (κ1) is 13.5. The normalized spacial score (nSPS) is 10.3. The molecule has 0 spiro atoms. The average Bonchev–Trinajstić information content (AvgIpc) is 2.54. The summed E-state index contributed by atoms with van der Waals surface area (Å²) in [6.07, 6.45) is 3.08. The predicted octanol–water partition coefficient (Wildman–Crippen LogP) is 3.76. The number of rotatable bonds is 5. The molecule has 1 aromatic rings.